The van der Waals surface area contributed by atoms with Crippen molar-refractivity contribution in [3.05, 3.63) is 34.7 Å². The molecule has 1 aromatic heterocycles. The highest BCUT2D eigenvalue weighted by molar-refractivity contribution is 7.17. The van der Waals surface area contributed by atoms with Crippen LogP contribution in [0.1, 0.15) is 42.6 Å². The van der Waals surface area contributed by atoms with E-state index in [-0.39, 0.29) is 17.5 Å². The van der Waals surface area contributed by atoms with Gasteiger partial charge in [0, 0.05) is 21.8 Å². The number of carbonyl (C=O) groups excluding carboxylic acids is 1. The van der Waals surface area contributed by atoms with Gasteiger partial charge >= 0.3 is 0 Å². The Morgan fingerprint density at radius 3 is 2.74 bits per heavy atom. The van der Waals surface area contributed by atoms with Gasteiger partial charge in [0.1, 0.15) is 0 Å². The summed E-state index contributed by atoms with van der Waals surface area (Å²) in [4.78, 5) is 15.3. The van der Waals surface area contributed by atoms with Gasteiger partial charge in [-0.2, -0.15) is 0 Å². The number of piperidine rings is 3. The van der Waals surface area contributed by atoms with Gasteiger partial charge < -0.3 is 5.32 Å². The maximum atomic E-state index is 12.8. The molecule has 0 unspecified atom stereocenters. The molecule has 5 rings (SSSR count). The highest BCUT2D eigenvalue weighted by Gasteiger charge is 2.48. The van der Waals surface area contributed by atoms with E-state index >= 15 is 0 Å². The molecule has 23 heavy (non-hydrogen) atoms. The molecule has 1 N–H and O–H groups in total. The lowest BCUT2D eigenvalue weighted by molar-refractivity contribution is -0.0378. The van der Waals surface area contributed by atoms with E-state index in [0.717, 1.165) is 5.56 Å². The number of hydrogen-bond donors (Lipinski definition) is 1. The second-order valence-electron chi connectivity index (χ2n) is 7.56. The number of nitrogens with one attached hydrogen (secondary N) is 1. The van der Waals surface area contributed by atoms with E-state index in [1.54, 1.807) is 11.3 Å². The van der Waals surface area contributed by atoms with Crippen molar-refractivity contribution in [3.63, 3.8) is 0 Å². The molecule has 0 spiro atoms. The van der Waals surface area contributed by atoms with Gasteiger partial charge in [-0.25, -0.2) is 0 Å². The lowest BCUT2D eigenvalue weighted by Gasteiger charge is -2.56. The van der Waals surface area contributed by atoms with Gasteiger partial charge in [-0.3, -0.25) is 9.69 Å². The molecule has 4 heteroatoms. The number of thiophene rings is 1. The lowest BCUT2D eigenvalue weighted by Crippen LogP contribution is -2.69. The summed E-state index contributed by atoms with van der Waals surface area (Å²) in [7, 11) is 0. The molecule has 3 aliphatic rings. The Bertz CT molecular complexity index is 756. The summed E-state index contributed by atoms with van der Waals surface area (Å²) in [5.74, 6) is 0.691. The maximum absolute atomic E-state index is 12.8. The fourth-order valence-corrected chi connectivity index (χ4v) is 5.39. The predicted octanol–water partition coefficient (Wildman–Crippen LogP) is 3.81. The molecule has 0 radical (unpaired) electrons. The Labute approximate surface area is 141 Å². The Balaban J connectivity index is 1.59. The minimum absolute atomic E-state index is 0.0560. The monoisotopic (exact) mass is 328 g/mol. The van der Waals surface area contributed by atoms with Gasteiger partial charge in [-0.15, -0.1) is 11.3 Å². The first-order valence-electron chi connectivity index (χ1n) is 8.50. The van der Waals surface area contributed by atoms with Crippen LogP contribution in [0.2, 0.25) is 0 Å². The molecule has 4 heterocycles. The van der Waals surface area contributed by atoms with E-state index < -0.39 is 0 Å². The van der Waals surface area contributed by atoms with Crippen LogP contribution in [0.25, 0.3) is 10.1 Å². The van der Waals surface area contributed by atoms with Crippen molar-refractivity contribution in [2.24, 2.45) is 5.92 Å². The second kappa shape index (κ2) is 5.32. The van der Waals surface area contributed by atoms with Crippen molar-refractivity contribution in [1.29, 1.82) is 0 Å². The molecule has 1 amide bonds. The van der Waals surface area contributed by atoms with E-state index in [1.165, 1.54) is 41.6 Å². The van der Waals surface area contributed by atoms with Crippen LogP contribution >= 0.6 is 11.3 Å². The molecule has 1 aromatic carbocycles. The van der Waals surface area contributed by atoms with Crippen LogP contribution in [-0.4, -0.2) is 35.5 Å². The van der Waals surface area contributed by atoms with Crippen LogP contribution in [-0.2, 0) is 0 Å². The molecule has 3 fully saturated rings. The zero-order chi connectivity index (χ0) is 16.2. The third kappa shape index (κ3) is 2.39. The van der Waals surface area contributed by atoms with Gasteiger partial charge in [0.2, 0.25) is 0 Å². The van der Waals surface area contributed by atoms with Crippen LogP contribution in [0.15, 0.2) is 23.6 Å². The average molecular weight is 328 g/mol. The van der Waals surface area contributed by atoms with E-state index in [1.807, 2.05) is 12.1 Å². The molecule has 0 aliphatic carbocycles. The molecule has 2 aromatic rings. The van der Waals surface area contributed by atoms with Gasteiger partial charge in [0.25, 0.3) is 5.91 Å². The van der Waals surface area contributed by atoms with Crippen LogP contribution in [0.4, 0.5) is 0 Å². The van der Waals surface area contributed by atoms with E-state index in [4.69, 9.17) is 0 Å². The minimum atomic E-state index is 0.0560. The van der Waals surface area contributed by atoms with E-state index in [9.17, 15) is 4.79 Å². The summed E-state index contributed by atoms with van der Waals surface area (Å²) in [5.41, 5.74) is 2.13. The highest BCUT2D eigenvalue weighted by atomic mass is 32.1. The Morgan fingerprint density at radius 2 is 2.04 bits per heavy atom. The van der Waals surface area contributed by atoms with Crippen molar-refractivity contribution < 1.29 is 4.79 Å². The normalized spacial score (nSPS) is 28.9. The highest BCUT2D eigenvalue weighted by Crippen LogP contribution is 2.39. The molecular weight excluding hydrogens is 304 g/mol. The smallest absolute Gasteiger partial charge is 0.251 e. The SMILES string of the molecule is Cc1csc2cc(C(=O)N[C@H]3C4CCN(CC4)C3(C)C)ccc12. The van der Waals surface area contributed by atoms with Crippen molar-refractivity contribution in [2.45, 2.75) is 45.2 Å². The van der Waals surface area contributed by atoms with Crippen LogP contribution in [0.5, 0.6) is 0 Å². The third-order valence-corrected chi connectivity index (χ3v) is 6.97. The summed E-state index contributed by atoms with van der Waals surface area (Å²) in [6.07, 6.45) is 2.41. The fourth-order valence-electron chi connectivity index (χ4n) is 4.40. The standard InChI is InChI=1S/C19H24N2OS/c1-12-11-23-16-10-14(4-5-15(12)16)18(22)20-17-13-6-8-21(9-7-13)19(17,2)3/h4-5,10-11,13,17H,6-9H2,1-3H3,(H,20,22)/t17-/m0/s1. The number of benzene rings is 1. The van der Waals surface area contributed by atoms with Crippen LogP contribution in [0, 0.1) is 12.8 Å². The van der Waals surface area contributed by atoms with Gasteiger partial charge in [0.05, 0.1) is 0 Å². The first kappa shape index (κ1) is 15.2. The lowest BCUT2D eigenvalue weighted by atomic mass is 9.72. The number of amides is 1. The Hall–Kier alpha value is -1.39. The number of aryl methyl sites for hydroxylation is 1. The van der Waals surface area contributed by atoms with Gasteiger partial charge in [0.15, 0.2) is 0 Å². The van der Waals surface area contributed by atoms with Gasteiger partial charge in [-0.05, 0) is 81.1 Å². The van der Waals surface area contributed by atoms with Crippen LogP contribution < -0.4 is 5.32 Å². The molecule has 3 nitrogen and oxygen atoms in total. The van der Waals surface area contributed by atoms with Crippen LogP contribution in [0.3, 0.4) is 0 Å². The number of fused-ring (bicyclic) bond motifs is 4. The summed E-state index contributed by atoms with van der Waals surface area (Å²) in [6.45, 7) is 9.01. The molecule has 3 aliphatic heterocycles. The summed E-state index contributed by atoms with van der Waals surface area (Å²) < 4.78 is 1.20. The molecule has 0 saturated carbocycles. The summed E-state index contributed by atoms with van der Waals surface area (Å²) >= 11 is 1.72. The third-order valence-electron chi connectivity index (χ3n) is 5.91. The summed E-state index contributed by atoms with van der Waals surface area (Å²) in [6, 6.07) is 6.33. The van der Waals surface area contributed by atoms with Crippen molar-refractivity contribution >= 4 is 27.3 Å². The number of carbonyl (C=O) groups is 1. The Kier molecular flexibility index (Phi) is 3.50. The molecule has 3 saturated heterocycles. The second-order valence-corrected chi connectivity index (χ2v) is 8.47. The zero-order valence-corrected chi connectivity index (χ0v) is 14.9. The quantitative estimate of drug-likeness (QED) is 0.909. The average Bonchev–Trinajstić information content (AvgIpc) is 2.92. The van der Waals surface area contributed by atoms with Crippen molar-refractivity contribution in [2.75, 3.05) is 13.1 Å². The molecule has 2 bridgehead atoms. The molecule has 1 atom stereocenters. The first-order chi connectivity index (χ1) is 11.0. The van der Waals surface area contributed by atoms with E-state index in [2.05, 4.69) is 42.4 Å². The number of nitrogens with zero attached hydrogens (tertiary/aromatic N) is 1. The maximum Gasteiger partial charge on any atom is 0.251 e. The number of rotatable bonds is 2. The zero-order valence-electron chi connectivity index (χ0n) is 14.1. The first-order valence-corrected chi connectivity index (χ1v) is 9.38. The number of hydrogen-bond acceptors (Lipinski definition) is 3. The van der Waals surface area contributed by atoms with Gasteiger partial charge in [-0.1, -0.05) is 6.07 Å². The topological polar surface area (TPSA) is 32.3 Å². The molecular formula is C19H24N2OS. The van der Waals surface area contributed by atoms with E-state index in [0.29, 0.717) is 5.92 Å². The largest absolute Gasteiger partial charge is 0.347 e. The predicted molar refractivity (Wildman–Crippen MR) is 96.2 cm³/mol. The molecule has 122 valence electrons. The van der Waals surface area contributed by atoms with Crippen molar-refractivity contribution in [3.8, 4) is 0 Å². The Morgan fingerprint density at radius 1 is 1.30 bits per heavy atom. The fraction of sp³-hybridized carbons (Fsp3) is 0.526. The minimum Gasteiger partial charge on any atom is -0.347 e. The van der Waals surface area contributed by atoms with Crippen molar-refractivity contribution in [1.82, 2.24) is 10.2 Å². The summed E-state index contributed by atoms with van der Waals surface area (Å²) in [5, 5.41) is 6.77.